The van der Waals surface area contributed by atoms with Gasteiger partial charge < -0.3 is 15.0 Å². The summed E-state index contributed by atoms with van der Waals surface area (Å²) in [6.45, 7) is 9.16. The Bertz CT molecular complexity index is 1010. The Morgan fingerprint density at radius 1 is 1.09 bits per heavy atom. The maximum atomic E-state index is 5.81. The molecule has 1 aliphatic heterocycles. The maximum Gasteiger partial charge on any atom is 0.194 e. The number of piperidine rings is 1. The molecule has 0 bridgehead atoms. The summed E-state index contributed by atoms with van der Waals surface area (Å²) in [5, 5.41) is 7.67. The van der Waals surface area contributed by atoms with Crippen LogP contribution < -0.4 is 5.32 Å². The maximum absolute atomic E-state index is 5.81. The predicted octanol–water partition coefficient (Wildman–Crippen LogP) is 3.96. The first-order chi connectivity index (χ1) is 16.3. The Hall–Kier alpha value is -3.19. The van der Waals surface area contributed by atoms with Gasteiger partial charge in [-0.15, -0.1) is 0 Å². The van der Waals surface area contributed by atoms with E-state index in [1.807, 2.05) is 4.68 Å². The normalized spacial score (nSPS) is 15.1. The zero-order chi connectivity index (χ0) is 22.9. The van der Waals surface area contributed by atoms with Crippen LogP contribution in [-0.2, 0) is 17.8 Å². The molecule has 174 valence electrons. The molecule has 0 amide bonds. The van der Waals surface area contributed by atoms with Crippen molar-refractivity contribution in [2.75, 3.05) is 26.2 Å². The molecule has 1 saturated heterocycles. The van der Waals surface area contributed by atoms with E-state index in [1.54, 1.807) is 12.7 Å². The number of ether oxygens (including phenoxy) is 1. The van der Waals surface area contributed by atoms with Gasteiger partial charge in [0.05, 0.1) is 19.2 Å². The summed E-state index contributed by atoms with van der Waals surface area (Å²) in [6, 6.07) is 17.2. The first kappa shape index (κ1) is 23.0. The van der Waals surface area contributed by atoms with Crippen LogP contribution in [0.25, 0.3) is 11.1 Å². The molecular weight excluding hydrogens is 412 g/mol. The third-order valence-electron chi connectivity index (χ3n) is 5.97. The van der Waals surface area contributed by atoms with Gasteiger partial charge in [0.15, 0.2) is 5.96 Å². The lowest BCUT2D eigenvalue weighted by Gasteiger charge is -2.34. The lowest BCUT2D eigenvalue weighted by molar-refractivity contribution is 0.0263. The molecule has 0 atom stereocenters. The zero-order valence-corrected chi connectivity index (χ0v) is 19.7. The molecule has 1 N–H and O–H groups in total. The van der Waals surface area contributed by atoms with Crippen LogP contribution in [0.4, 0.5) is 0 Å². The summed E-state index contributed by atoms with van der Waals surface area (Å²) in [5.41, 5.74) is 4.84. The highest BCUT2D eigenvalue weighted by atomic mass is 16.5. The van der Waals surface area contributed by atoms with E-state index in [9.17, 15) is 0 Å². The Morgan fingerprint density at radius 3 is 2.58 bits per heavy atom. The molecule has 0 aliphatic carbocycles. The van der Waals surface area contributed by atoms with Gasteiger partial charge in [-0.1, -0.05) is 48.5 Å². The van der Waals surface area contributed by atoms with Crippen LogP contribution in [0.3, 0.4) is 0 Å². The smallest absolute Gasteiger partial charge is 0.194 e. The molecule has 33 heavy (non-hydrogen) atoms. The first-order valence-electron chi connectivity index (χ1n) is 11.9. The second-order valence-corrected chi connectivity index (χ2v) is 8.26. The lowest BCUT2D eigenvalue weighted by atomic mass is 9.98. The average Bonchev–Trinajstić information content (AvgIpc) is 3.36. The van der Waals surface area contributed by atoms with Crippen LogP contribution in [0, 0.1) is 0 Å². The van der Waals surface area contributed by atoms with E-state index < -0.39 is 0 Å². The minimum atomic E-state index is 0.377. The minimum absolute atomic E-state index is 0.377. The van der Waals surface area contributed by atoms with E-state index in [-0.39, 0.29) is 0 Å². The van der Waals surface area contributed by atoms with Gasteiger partial charge in [0.2, 0.25) is 0 Å². The van der Waals surface area contributed by atoms with Crippen molar-refractivity contribution < 1.29 is 4.74 Å². The molecule has 0 unspecified atom stereocenters. The number of guanidine groups is 1. The van der Waals surface area contributed by atoms with Crippen LogP contribution in [0.2, 0.25) is 0 Å². The summed E-state index contributed by atoms with van der Waals surface area (Å²) in [5.74, 6) is 0.991. The molecule has 1 aliphatic rings. The summed E-state index contributed by atoms with van der Waals surface area (Å²) >= 11 is 0. The van der Waals surface area contributed by atoms with Crippen molar-refractivity contribution in [1.29, 1.82) is 0 Å². The van der Waals surface area contributed by atoms with E-state index in [4.69, 9.17) is 9.73 Å². The monoisotopic (exact) mass is 446 g/mol. The summed E-state index contributed by atoms with van der Waals surface area (Å²) in [7, 11) is 0. The van der Waals surface area contributed by atoms with Crippen molar-refractivity contribution in [2.24, 2.45) is 4.99 Å². The SMILES string of the molecule is CCNC(=NCc1ccccc1-c1ccc(Cn2cncn2)cc1)N1CCC(OCC)CC1. The van der Waals surface area contributed by atoms with Crippen LogP contribution >= 0.6 is 0 Å². The van der Waals surface area contributed by atoms with Gasteiger partial charge in [-0.3, -0.25) is 0 Å². The fourth-order valence-electron chi connectivity index (χ4n) is 4.29. The fraction of sp³-hybridized carbons (Fsp3) is 0.423. The van der Waals surface area contributed by atoms with Crippen LogP contribution in [0.1, 0.15) is 37.8 Å². The van der Waals surface area contributed by atoms with E-state index in [2.05, 4.69) is 82.7 Å². The number of hydrogen-bond acceptors (Lipinski definition) is 4. The number of aliphatic imine (C=N–C) groups is 1. The molecule has 7 heteroatoms. The van der Waals surface area contributed by atoms with Crippen molar-refractivity contribution in [2.45, 2.75) is 45.9 Å². The second kappa shape index (κ2) is 11.6. The van der Waals surface area contributed by atoms with Crippen molar-refractivity contribution in [3.63, 3.8) is 0 Å². The standard InChI is InChI=1S/C26H34N6O/c1-3-28-26(31-15-13-24(14-16-31)33-4-2)29-17-23-7-5-6-8-25(23)22-11-9-21(10-12-22)18-32-20-27-19-30-32/h5-12,19-20,24H,3-4,13-18H2,1-2H3,(H,28,29). The third-order valence-corrected chi connectivity index (χ3v) is 5.97. The molecule has 7 nitrogen and oxygen atoms in total. The Morgan fingerprint density at radius 2 is 1.88 bits per heavy atom. The fourth-order valence-corrected chi connectivity index (χ4v) is 4.29. The molecule has 4 rings (SSSR count). The number of aromatic nitrogens is 3. The molecule has 3 aromatic rings. The van der Waals surface area contributed by atoms with Crippen LogP contribution in [0.5, 0.6) is 0 Å². The first-order valence-corrected chi connectivity index (χ1v) is 11.9. The Balaban J connectivity index is 1.46. The molecular formula is C26H34N6O. The van der Waals surface area contributed by atoms with Crippen molar-refractivity contribution in [1.82, 2.24) is 25.0 Å². The average molecular weight is 447 g/mol. The van der Waals surface area contributed by atoms with E-state index in [1.165, 1.54) is 22.3 Å². The molecule has 1 aromatic heterocycles. The zero-order valence-electron chi connectivity index (χ0n) is 19.7. The van der Waals surface area contributed by atoms with E-state index in [0.29, 0.717) is 12.6 Å². The van der Waals surface area contributed by atoms with Crippen LogP contribution in [0.15, 0.2) is 66.2 Å². The summed E-state index contributed by atoms with van der Waals surface area (Å²) in [4.78, 5) is 11.4. The van der Waals surface area contributed by atoms with Gasteiger partial charge in [-0.05, 0) is 48.9 Å². The van der Waals surface area contributed by atoms with Gasteiger partial charge >= 0.3 is 0 Å². The van der Waals surface area contributed by atoms with Crippen LogP contribution in [-0.4, -0.2) is 58.0 Å². The van der Waals surface area contributed by atoms with Gasteiger partial charge in [0, 0.05) is 26.2 Å². The summed E-state index contributed by atoms with van der Waals surface area (Å²) < 4.78 is 7.64. The number of hydrogen-bond donors (Lipinski definition) is 1. The number of rotatable bonds is 8. The van der Waals surface area contributed by atoms with Gasteiger partial charge in [0.25, 0.3) is 0 Å². The van der Waals surface area contributed by atoms with E-state index in [0.717, 1.165) is 51.6 Å². The second-order valence-electron chi connectivity index (χ2n) is 8.26. The van der Waals surface area contributed by atoms with Crippen molar-refractivity contribution >= 4 is 5.96 Å². The van der Waals surface area contributed by atoms with Crippen molar-refractivity contribution in [3.8, 4) is 11.1 Å². The van der Waals surface area contributed by atoms with Crippen molar-refractivity contribution in [3.05, 3.63) is 72.3 Å². The minimum Gasteiger partial charge on any atom is -0.378 e. The molecule has 0 saturated carbocycles. The molecule has 2 heterocycles. The Labute approximate surface area is 196 Å². The highest BCUT2D eigenvalue weighted by Gasteiger charge is 2.21. The Kier molecular flexibility index (Phi) is 8.09. The largest absolute Gasteiger partial charge is 0.378 e. The van der Waals surface area contributed by atoms with E-state index >= 15 is 0 Å². The predicted molar refractivity (Wildman–Crippen MR) is 132 cm³/mol. The van der Waals surface area contributed by atoms with Gasteiger partial charge in [0.1, 0.15) is 12.7 Å². The number of nitrogens with one attached hydrogen (secondary N) is 1. The third kappa shape index (κ3) is 6.20. The van der Waals surface area contributed by atoms with Gasteiger partial charge in [-0.2, -0.15) is 5.10 Å². The topological polar surface area (TPSA) is 67.6 Å². The highest BCUT2D eigenvalue weighted by Crippen LogP contribution is 2.25. The highest BCUT2D eigenvalue weighted by molar-refractivity contribution is 5.80. The lowest BCUT2D eigenvalue weighted by Crippen LogP contribution is -2.47. The number of benzene rings is 2. The quantitative estimate of drug-likeness (QED) is 0.419. The number of nitrogens with zero attached hydrogens (tertiary/aromatic N) is 5. The van der Waals surface area contributed by atoms with Gasteiger partial charge in [-0.25, -0.2) is 14.7 Å². The molecule has 1 fully saturated rings. The number of likely N-dealkylation sites (tertiary alicyclic amines) is 1. The molecule has 0 radical (unpaired) electrons. The molecule has 2 aromatic carbocycles. The summed E-state index contributed by atoms with van der Waals surface area (Å²) in [6.07, 6.45) is 5.78. The molecule has 0 spiro atoms.